The highest BCUT2D eigenvalue weighted by atomic mass is 16.3. The second-order valence-electron chi connectivity index (χ2n) is 6.34. The normalized spacial score (nSPS) is 17.8. The molecule has 1 heterocycles. The Balaban J connectivity index is 1.62. The third-order valence-electron chi connectivity index (χ3n) is 3.99. The maximum atomic E-state index is 9.25. The van der Waals surface area contributed by atoms with Crippen molar-refractivity contribution in [2.45, 2.75) is 39.2 Å². The van der Waals surface area contributed by atoms with Crippen molar-refractivity contribution in [1.82, 2.24) is 10.2 Å². The van der Waals surface area contributed by atoms with E-state index in [1.54, 1.807) is 12.1 Å². The van der Waals surface area contributed by atoms with Gasteiger partial charge in [-0.3, -0.25) is 0 Å². The van der Waals surface area contributed by atoms with E-state index in [2.05, 4.69) is 24.1 Å². The number of hydrogen-bond acceptors (Lipinski definition) is 3. The molecular formula is C17H28N2O. The van der Waals surface area contributed by atoms with Crippen molar-refractivity contribution in [2.24, 2.45) is 5.92 Å². The van der Waals surface area contributed by atoms with Gasteiger partial charge in [0.1, 0.15) is 5.75 Å². The minimum atomic E-state index is 0.347. The fourth-order valence-electron chi connectivity index (χ4n) is 2.92. The number of aromatic hydroxyl groups is 1. The van der Waals surface area contributed by atoms with Gasteiger partial charge >= 0.3 is 0 Å². The third-order valence-corrected chi connectivity index (χ3v) is 3.99. The molecule has 1 aliphatic heterocycles. The van der Waals surface area contributed by atoms with Gasteiger partial charge in [0.05, 0.1) is 0 Å². The summed E-state index contributed by atoms with van der Waals surface area (Å²) in [5.74, 6) is 1.12. The molecule has 0 atom stereocenters. The average Bonchev–Trinajstić information content (AvgIpc) is 2.42. The van der Waals surface area contributed by atoms with Crippen LogP contribution in [-0.4, -0.2) is 42.2 Å². The molecule has 0 saturated carbocycles. The van der Waals surface area contributed by atoms with Crippen LogP contribution < -0.4 is 5.32 Å². The van der Waals surface area contributed by atoms with E-state index in [-0.39, 0.29) is 0 Å². The minimum absolute atomic E-state index is 0.347. The Hall–Kier alpha value is -1.06. The Morgan fingerprint density at radius 1 is 1.20 bits per heavy atom. The highest BCUT2D eigenvalue weighted by Crippen LogP contribution is 2.13. The molecule has 0 unspecified atom stereocenters. The number of phenols is 1. The van der Waals surface area contributed by atoms with E-state index >= 15 is 0 Å². The zero-order valence-electron chi connectivity index (χ0n) is 12.8. The van der Waals surface area contributed by atoms with E-state index in [1.807, 2.05) is 12.1 Å². The lowest BCUT2D eigenvalue weighted by Crippen LogP contribution is -2.44. The first kappa shape index (κ1) is 15.3. The summed E-state index contributed by atoms with van der Waals surface area (Å²) < 4.78 is 0. The molecule has 1 aromatic rings. The first-order chi connectivity index (χ1) is 9.63. The van der Waals surface area contributed by atoms with Gasteiger partial charge in [0, 0.05) is 12.6 Å². The summed E-state index contributed by atoms with van der Waals surface area (Å²) in [6.07, 6.45) is 3.57. The molecule has 1 aromatic carbocycles. The van der Waals surface area contributed by atoms with Crippen molar-refractivity contribution < 1.29 is 5.11 Å². The molecule has 1 saturated heterocycles. The first-order valence-electron chi connectivity index (χ1n) is 7.87. The smallest absolute Gasteiger partial charge is 0.115 e. The van der Waals surface area contributed by atoms with Crippen molar-refractivity contribution in [3.05, 3.63) is 29.8 Å². The lowest BCUT2D eigenvalue weighted by Gasteiger charge is -2.33. The number of nitrogens with zero attached hydrogens (tertiary/aromatic N) is 1. The molecule has 1 aliphatic rings. The van der Waals surface area contributed by atoms with E-state index in [0.29, 0.717) is 11.8 Å². The second-order valence-corrected chi connectivity index (χ2v) is 6.34. The second kappa shape index (κ2) is 7.65. The van der Waals surface area contributed by atoms with Gasteiger partial charge in [-0.05, 0) is 62.5 Å². The molecule has 2 rings (SSSR count). The molecule has 0 spiro atoms. The molecule has 0 aromatic heterocycles. The van der Waals surface area contributed by atoms with Crippen LogP contribution in [0.1, 0.15) is 32.3 Å². The Morgan fingerprint density at radius 2 is 1.85 bits per heavy atom. The summed E-state index contributed by atoms with van der Waals surface area (Å²) in [7, 11) is 0. The first-order valence-corrected chi connectivity index (χ1v) is 7.87. The van der Waals surface area contributed by atoms with Crippen LogP contribution in [0.4, 0.5) is 0 Å². The maximum absolute atomic E-state index is 9.25. The zero-order chi connectivity index (χ0) is 14.4. The van der Waals surface area contributed by atoms with Crippen LogP contribution in [0.2, 0.25) is 0 Å². The third kappa shape index (κ3) is 5.14. The van der Waals surface area contributed by atoms with Crippen LogP contribution >= 0.6 is 0 Å². The van der Waals surface area contributed by atoms with Crippen molar-refractivity contribution >= 4 is 0 Å². The van der Waals surface area contributed by atoms with Crippen LogP contribution in [0.25, 0.3) is 0 Å². The van der Waals surface area contributed by atoms with Crippen molar-refractivity contribution in [1.29, 1.82) is 0 Å². The molecule has 20 heavy (non-hydrogen) atoms. The summed E-state index contributed by atoms with van der Waals surface area (Å²) in [6, 6.07) is 8.21. The lowest BCUT2D eigenvalue weighted by molar-refractivity contribution is 0.180. The van der Waals surface area contributed by atoms with E-state index in [1.165, 1.54) is 38.0 Å². The van der Waals surface area contributed by atoms with E-state index in [0.717, 1.165) is 18.9 Å². The van der Waals surface area contributed by atoms with Crippen LogP contribution in [0.3, 0.4) is 0 Å². The van der Waals surface area contributed by atoms with Gasteiger partial charge in [0.2, 0.25) is 0 Å². The van der Waals surface area contributed by atoms with Gasteiger partial charge in [-0.25, -0.2) is 0 Å². The number of benzene rings is 1. The number of piperidine rings is 1. The standard InChI is InChI=1S/C17H28N2O/c1-14(2)13-19-11-8-16(9-12-19)18-10-7-15-3-5-17(20)6-4-15/h3-6,14,16,18,20H,7-13H2,1-2H3. The van der Waals surface area contributed by atoms with Gasteiger partial charge in [-0.15, -0.1) is 0 Å². The van der Waals surface area contributed by atoms with Crippen molar-refractivity contribution in [3.63, 3.8) is 0 Å². The molecular weight excluding hydrogens is 248 g/mol. The summed E-state index contributed by atoms with van der Waals surface area (Å²) >= 11 is 0. The molecule has 112 valence electrons. The number of nitrogens with one attached hydrogen (secondary N) is 1. The quantitative estimate of drug-likeness (QED) is 0.838. The SMILES string of the molecule is CC(C)CN1CCC(NCCc2ccc(O)cc2)CC1. The van der Waals surface area contributed by atoms with E-state index in [4.69, 9.17) is 0 Å². The number of phenolic OH excluding ortho intramolecular Hbond substituents is 1. The lowest BCUT2D eigenvalue weighted by atomic mass is 10.0. The van der Waals surface area contributed by atoms with Crippen LogP contribution in [0.5, 0.6) is 5.75 Å². The highest BCUT2D eigenvalue weighted by Gasteiger charge is 2.18. The number of rotatable bonds is 6. The fourth-order valence-corrected chi connectivity index (χ4v) is 2.92. The summed E-state index contributed by atoms with van der Waals surface area (Å²) in [6.45, 7) is 9.31. The Kier molecular flexibility index (Phi) is 5.86. The monoisotopic (exact) mass is 276 g/mol. The summed E-state index contributed by atoms with van der Waals surface area (Å²) in [5, 5.41) is 12.9. The van der Waals surface area contributed by atoms with Gasteiger partial charge in [-0.2, -0.15) is 0 Å². The van der Waals surface area contributed by atoms with Gasteiger partial charge < -0.3 is 15.3 Å². The minimum Gasteiger partial charge on any atom is -0.508 e. The van der Waals surface area contributed by atoms with Gasteiger partial charge in [0.15, 0.2) is 0 Å². The number of likely N-dealkylation sites (tertiary alicyclic amines) is 1. The van der Waals surface area contributed by atoms with E-state index in [9.17, 15) is 5.11 Å². The largest absolute Gasteiger partial charge is 0.508 e. The van der Waals surface area contributed by atoms with Crippen molar-refractivity contribution in [3.8, 4) is 5.75 Å². The fraction of sp³-hybridized carbons (Fsp3) is 0.647. The maximum Gasteiger partial charge on any atom is 0.115 e. The topological polar surface area (TPSA) is 35.5 Å². The van der Waals surface area contributed by atoms with E-state index < -0.39 is 0 Å². The van der Waals surface area contributed by atoms with Gasteiger partial charge in [0.25, 0.3) is 0 Å². The molecule has 1 fully saturated rings. The molecule has 0 amide bonds. The zero-order valence-corrected chi connectivity index (χ0v) is 12.8. The molecule has 2 N–H and O–H groups in total. The molecule has 3 heteroatoms. The molecule has 0 aliphatic carbocycles. The van der Waals surface area contributed by atoms with Crippen LogP contribution in [0.15, 0.2) is 24.3 Å². The van der Waals surface area contributed by atoms with Crippen LogP contribution in [0, 0.1) is 5.92 Å². The predicted octanol–water partition coefficient (Wildman–Crippen LogP) is 2.64. The predicted molar refractivity (Wildman–Crippen MR) is 84.1 cm³/mol. The summed E-state index contributed by atoms with van der Waals surface area (Å²) in [4.78, 5) is 2.59. The Morgan fingerprint density at radius 3 is 2.45 bits per heavy atom. The summed E-state index contributed by atoms with van der Waals surface area (Å²) in [5.41, 5.74) is 1.28. The van der Waals surface area contributed by atoms with Crippen molar-refractivity contribution in [2.75, 3.05) is 26.2 Å². The molecule has 0 bridgehead atoms. The van der Waals surface area contributed by atoms with Gasteiger partial charge in [-0.1, -0.05) is 26.0 Å². The number of hydrogen-bond donors (Lipinski definition) is 2. The van der Waals surface area contributed by atoms with Crippen LogP contribution in [-0.2, 0) is 6.42 Å². The molecule has 0 radical (unpaired) electrons. The highest BCUT2D eigenvalue weighted by molar-refractivity contribution is 5.25. The average molecular weight is 276 g/mol. The molecule has 3 nitrogen and oxygen atoms in total. The Bertz CT molecular complexity index is 380. The Labute approximate surface area is 123 Å².